The number of pyridine rings is 1. The molecule has 0 aliphatic carbocycles. The van der Waals surface area contributed by atoms with E-state index < -0.39 is 16.1 Å². The van der Waals surface area contributed by atoms with Crippen LogP contribution in [0, 0.1) is 0 Å². The van der Waals surface area contributed by atoms with Gasteiger partial charge in [-0.3, -0.25) is 0 Å². The second kappa shape index (κ2) is 9.34. The van der Waals surface area contributed by atoms with Gasteiger partial charge < -0.3 is 9.47 Å². The van der Waals surface area contributed by atoms with E-state index >= 15 is 0 Å². The van der Waals surface area contributed by atoms with Crippen molar-refractivity contribution in [2.75, 3.05) is 19.5 Å². The Morgan fingerprint density at radius 1 is 1.03 bits per heavy atom. The summed E-state index contributed by atoms with van der Waals surface area (Å²) in [6, 6.07) is 17.9. The molecular weight excluding hydrogens is 476 g/mol. The fourth-order valence-corrected chi connectivity index (χ4v) is 6.74. The number of sulfonamides is 1. The number of hydrogen-bond acceptors (Lipinski definition) is 7. The van der Waals surface area contributed by atoms with Gasteiger partial charge in [0.2, 0.25) is 10.0 Å². The Kier molecular flexibility index (Phi) is 6.29. The number of rotatable bonds is 6. The van der Waals surface area contributed by atoms with Crippen molar-refractivity contribution in [1.29, 1.82) is 0 Å². The summed E-state index contributed by atoms with van der Waals surface area (Å²) < 4.78 is 41.4. The quantitative estimate of drug-likeness (QED) is 0.366. The molecule has 0 saturated heterocycles. The third kappa shape index (κ3) is 4.59. The summed E-state index contributed by atoms with van der Waals surface area (Å²) in [6.07, 6.45) is 4.48. The van der Waals surface area contributed by atoms with Gasteiger partial charge in [0.1, 0.15) is 4.83 Å². The van der Waals surface area contributed by atoms with E-state index in [4.69, 9.17) is 9.47 Å². The Hall–Kier alpha value is -2.59. The van der Waals surface area contributed by atoms with Crippen molar-refractivity contribution >= 4 is 43.3 Å². The molecule has 0 spiro atoms. The highest BCUT2D eigenvalue weighted by atomic mass is 32.2. The predicted octanol–water partition coefficient (Wildman–Crippen LogP) is 5.25. The van der Waals surface area contributed by atoms with E-state index in [2.05, 4.69) is 9.71 Å². The lowest BCUT2D eigenvalue weighted by atomic mass is 10.1. The molecule has 33 heavy (non-hydrogen) atoms. The van der Waals surface area contributed by atoms with E-state index in [-0.39, 0.29) is 4.90 Å². The van der Waals surface area contributed by atoms with Crippen molar-refractivity contribution in [1.82, 2.24) is 9.71 Å². The monoisotopic (exact) mass is 498 g/mol. The zero-order valence-corrected chi connectivity index (χ0v) is 20.3. The summed E-state index contributed by atoms with van der Waals surface area (Å²) >= 11 is 3.07. The Balaban J connectivity index is 1.57. The standard InChI is InChI=1S/C24H22N2O4S3/c1-31-21-8-3-2-7-18(21)23(22-14-16-6-4-11-25-24(16)32-22)26-33(27,28)17-9-10-19-20(15-17)30-13-5-12-29-19/h2-4,6-11,14-15,23,26H,5,12-13H2,1H3/t23-/m0/s1. The molecule has 0 amide bonds. The minimum absolute atomic E-state index is 0.137. The molecule has 1 N–H and O–H groups in total. The maximum atomic E-state index is 13.6. The molecule has 0 radical (unpaired) electrons. The van der Waals surface area contributed by atoms with E-state index in [1.165, 1.54) is 17.4 Å². The van der Waals surface area contributed by atoms with E-state index in [1.54, 1.807) is 30.1 Å². The Morgan fingerprint density at radius 2 is 1.85 bits per heavy atom. The van der Waals surface area contributed by atoms with Crippen LogP contribution in [-0.2, 0) is 10.0 Å². The molecule has 0 bridgehead atoms. The summed E-state index contributed by atoms with van der Waals surface area (Å²) in [7, 11) is -3.87. The smallest absolute Gasteiger partial charge is 0.241 e. The minimum Gasteiger partial charge on any atom is -0.490 e. The zero-order valence-electron chi connectivity index (χ0n) is 17.9. The molecule has 2 aromatic carbocycles. The van der Waals surface area contributed by atoms with E-state index in [9.17, 15) is 8.42 Å². The minimum atomic E-state index is -3.87. The number of thiophene rings is 1. The zero-order chi connectivity index (χ0) is 22.8. The third-order valence-corrected chi connectivity index (χ3v) is 8.71. The SMILES string of the molecule is CSc1ccccc1[C@H](NS(=O)(=O)c1ccc2c(c1)OCCCO2)c1cc2cccnc2s1. The predicted molar refractivity (Wildman–Crippen MR) is 132 cm³/mol. The van der Waals surface area contributed by atoms with Crippen LogP contribution in [0.4, 0.5) is 0 Å². The third-order valence-electron chi connectivity index (χ3n) is 5.35. The number of ether oxygens (including phenoxy) is 2. The molecule has 1 aliphatic heterocycles. The lowest BCUT2D eigenvalue weighted by Gasteiger charge is -2.21. The van der Waals surface area contributed by atoms with Gasteiger partial charge in [-0.2, -0.15) is 4.72 Å². The first kappa shape index (κ1) is 22.2. The molecule has 3 heterocycles. The van der Waals surface area contributed by atoms with Crippen LogP contribution in [0.2, 0.25) is 0 Å². The van der Waals surface area contributed by atoms with Crippen LogP contribution < -0.4 is 14.2 Å². The molecule has 6 nitrogen and oxygen atoms in total. The molecule has 9 heteroatoms. The highest BCUT2D eigenvalue weighted by molar-refractivity contribution is 7.98. The molecule has 170 valence electrons. The van der Waals surface area contributed by atoms with Crippen LogP contribution in [0.5, 0.6) is 11.5 Å². The first-order valence-electron chi connectivity index (χ1n) is 10.4. The summed E-state index contributed by atoms with van der Waals surface area (Å²) in [5.41, 5.74) is 0.898. The summed E-state index contributed by atoms with van der Waals surface area (Å²) in [6.45, 7) is 1.04. The van der Waals surface area contributed by atoms with Gasteiger partial charge in [0, 0.05) is 33.8 Å². The van der Waals surface area contributed by atoms with E-state index in [0.29, 0.717) is 24.7 Å². The van der Waals surface area contributed by atoms with Gasteiger partial charge in [0.25, 0.3) is 0 Å². The number of nitrogens with one attached hydrogen (secondary N) is 1. The largest absolute Gasteiger partial charge is 0.490 e. The molecule has 0 fully saturated rings. The molecule has 1 atom stereocenters. The van der Waals surface area contributed by atoms with Crippen LogP contribution in [-0.4, -0.2) is 32.9 Å². The highest BCUT2D eigenvalue weighted by Gasteiger charge is 2.27. The number of nitrogens with zero attached hydrogens (tertiary/aromatic N) is 1. The molecule has 1 aliphatic rings. The maximum absolute atomic E-state index is 13.6. The first-order valence-corrected chi connectivity index (χ1v) is 14.0. The van der Waals surface area contributed by atoms with E-state index in [1.807, 2.05) is 48.7 Å². The van der Waals surface area contributed by atoms with Crippen molar-refractivity contribution in [2.24, 2.45) is 0 Å². The summed E-state index contributed by atoms with van der Waals surface area (Å²) in [4.78, 5) is 7.33. The summed E-state index contributed by atoms with van der Waals surface area (Å²) in [5, 5.41) is 0.985. The lowest BCUT2D eigenvalue weighted by molar-refractivity contribution is 0.297. The highest BCUT2D eigenvalue weighted by Crippen LogP contribution is 2.38. The van der Waals surface area contributed by atoms with Crippen molar-refractivity contribution in [2.45, 2.75) is 22.3 Å². The van der Waals surface area contributed by atoms with Crippen LogP contribution in [0.3, 0.4) is 0 Å². The second-order valence-electron chi connectivity index (χ2n) is 7.50. The van der Waals surface area contributed by atoms with Crippen molar-refractivity contribution in [3.63, 3.8) is 0 Å². The normalized spacial score (nSPS) is 14.7. The average Bonchev–Trinajstić information content (AvgIpc) is 3.12. The Labute approximate surface area is 201 Å². The van der Waals surface area contributed by atoms with Gasteiger partial charge in [-0.25, -0.2) is 13.4 Å². The van der Waals surface area contributed by atoms with Crippen LogP contribution in [0.1, 0.15) is 22.9 Å². The van der Waals surface area contributed by atoms with E-state index in [0.717, 1.165) is 32.0 Å². The number of fused-ring (bicyclic) bond motifs is 2. The van der Waals surface area contributed by atoms with Gasteiger partial charge in [-0.15, -0.1) is 23.1 Å². The Bertz CT molecular complexity index is 1370. The number of aromatic nitrogens is 1. The summed E-state index contributed by atoms with van der Waals surface area (Å²) in [5.74, 6) is 1.01. The van der Waals surface area contributed by atoms with Gasteiger partial charge in [0.05, 0.1) is 24.2 Å². The number of hydrogen-bond donors (Lipinski definition) is 1. The molecule has 2 aromatic heterocycles. The molecule has 4 aromatic rings. The second-order valence-corrected chi connectivity index (χ2v) is 11.1. The molecule has 0 unspecified atom stereocenters. The fourth-order valence-electron chi connectivity index (χ4n) is 3.75. The maximum Gasteiger partial charge on any atom is 0.241 e. The van der Waals surface area contributed by atoms with Crippen LogP contribution in [0.25, 0.3) is 10.2 Å². The van der Waals surface area contributed by atoms with Crippen LogP contribution >= 0.6 is 23.1 Å². The fraction of sp³-hybridized carbons (Fsp3) is 0.208. The Morgan fingerprint density at radius 3 is 2.67 bits per heavy atom. The van der Waals surface area contributed by atoms with Crippen molar-refractivity contribution in [3.05, 3.63) is 77.3 Å². The van der Waals surface area contributed by atoms with Gasteiger partial charge in [-0.1, -0.05) is 24.3 Å². The first-order chi connectivity index (χ1) is 16.0. The molecule has 5 rings (SSSR count). The van der Waals surface area contributed by atoms with Crippen molar-refractivity contribution in [3.8, 4) is 11.5 Å². The number of benzene rings is 2. The van der Waals surface area contributed by atoms with Gasteiger partial charge in [-0.05, 0) is 42.2 Å². The van der Waals surface area contributed by atoms with Gasteiger partial charge >= 0.3 is 0 Å². The topological polar surface area (TPSA) is 77.5 Å². The molecule has 0 saturated carbocycles. The number of thioether (sulfide) groups is 1. The van der Waals surface area contributed by atoms with Crippen molar-refractivity contribution < 1.29 is 17.9 Å². The average molecular weight is 499 g/mol. The van der Waals surface area contributed by atoms with Gasteiger partial charge in [0.15, 0.2) is 11.5 Å². The lowest BCUT2D eigenvalue weighted by Crippen LogP contribution is -2.29. The van der Waals surface area contributed by atoms with Crippen LogP contribution in [0.15, 0.2) is 76.7 Å². The molecular formula is C24H22N2O4S3.